The third kappa shape index (κ3) is 4.93. The summed E-state index contributed by atoms with van der Waals surface area (Å²) < 4.78 is 16.5. The van der Waals surface area contributed by atoms with Gasteiger partial charge in [0.1, 0.15) is 17.1 Å². The maximum atomic E-state index is 13.4. The quantitative estimate of drug-likeness (QED) is 0.157. The van der Waals surface area contributed by atoms with Crippen molar-refractivity contribution in [2.24, 2.45) is 0 Å². The number of hydrogen-bond acceptors (Lipinski definition) is 5. The van der Waals surface area contributed by atoms with Gasteiger partial charge in [-0.15, -0.1) is 0 Å². The summed E-state index contributed by atoms with van der Waals surface area (Å²) in [6.07, 6.45) is 3.46. The average Bonchev–Trinajstić information content (AvgIpc) is 3.14. The summed E-state index contributed by atoms with van der Waals surface area (Å²) in [5, 5.41) is 1.59. The van der Waals surface area contributed by atoms with Crippen LogP contribution in [0.5, 0.6) is 5.75 Å². The molecule has 2 aromatic carbocycles. The van der Waals surface area contributed by atoms with Crippen molar-refractivity contribution >= 4 is 38.7 Å². The maximum Gasteiger partial charge on any atom is 0.337 e. The number of halogens is 1. The number of methoxy groups -OCH3 is 1. The van der Waals surface area contributed by atoms with E-state index in [1.54, 1.807) is 30.3 Å². The van der Waals surface area contributed by atoms with Crippen LogP contribution in [0.3, 0.4) is 0 Å². The van der Waals surface area contributed by atoms with Crippen molar-refractivity contribution in [1.82, 2.24) is 0 Å². The Morgan fingerprint density at radius 1 is 1.03 bits per heavy atom. The number of ether oxygens (including phenoxy) is 2. The lowest BCUT2D eigenvalue weighted by molar-refractivity contribution is 0.0600. The number of hydrogen-bond donors (Lipinski definition) is 0. The monoisotopic (exact) mass is 472 g/mol. The summed E-state index contributed by atoms with van der Waals surface area (Å²) in [6, 6.07) is 12.2. The number of alkyl halides is 1. The summed E-state index contributed by atoms with van der Waals surface area (Å²) in [4.78, 5) is 25.2. The summed E-state index contributed by atoms with van der Waals surface area (Å²) >= 11 is 3.38. The van der Waals surface area contributed by atoms with Crippen LogP contribution in [0.2, 0.25) is 0 Å². The summed E-state index contributed by atoms with van der Waals surface area (Å²) in [6.45, 7) is 2.71. The Bertz CT molecular complexity index is 1020. The van der Waals surface area contributed by atoms with Gasteiger partial charge < -0.3 is 13.9 Å². The molecule has 3 aromatic rings. The van der Waals surface area contributed by atoms with Crippen LogP contribution < -0.4 is 4.74 Å². The molecule has 0 saturated heterocycles. The van der Waals surface area contributed by atoms with Gasteiger partial charge in [-0.1, -0.05) is 29.3 Å². The Kier molecular flexibility index (Phi) is 7.69. The van der Waals surface area contributed by atoms with Crippen molar-refractivity contribution in [3.8, 4) is 5.75 Å². The molecule has 0 fully saturated rings. The molecule has 0 aliphatic heterocycles. The Morgan fingerprint density at radius 2 is 1.77 bits per heavy atom. The summed E-state index contributed by atoms with van der Waals surface area (Å²) in [5.41, 5.74) is 2.04. The molecule has 0 aliphatic carbocycles. The molecule has 6 heteroatoms. The van der Waals surface area contributed by atoms with E-state index in [1.165, 1.54) is 7.11 Å². The van der Waals surface area contributed by atoms with Gasteiger partial charge in [0.05, 0.1) is 24.8 Å². The Morgan fingerprint density at radius 3 is 2.43 bits per heavy atom. The topological polar surface area (TPSA) is 65.7 Å². The lowest BCUT2D eigenvalue weighted by atomic mass is 9.98. The van der Waals surface area contributed by atoms with Crippen LogP contribution in [0, 0.1) is 0 Å². The second kappa shape index (κ2) is 10.4. The molecule has 5 nitrogen and oxygen atoms in total. The molecule has 0 spiro atoms. The van der Waals surface area contributed by atoms with Crippen LogP contribution in [0.1, 0.15) is 58.2 Å². The molecule has 0 bridgehead atoms. The second-order valence-corrected chi connectivity index (χ2v) is 7.74. The smallest absolute Gasteiger partial charge is 0.337 e. The van der Waals surface area contributed by atoms with Gasteiger partial charge in [0.15, 0.2) is 5.78 Å². The van der Waals surface area contributed by atoms with E-state index in [0.29, 0.717) is 46.4 Å². The number of rotatable bonds is 10. The Balaban J connectivity index is 1.95. The highest BCUT2D eigenvalue weighted by Crippen LogP contribution is 2.31. The largest absolute Gasteiger partial charge is 0.494 e. The molecule has 0 saturated carbocycles. The molecule has 0 atom stereocenters. The SMILES string of the molecule is CCCCc1oc2cc(C(=O)OC)ccc2c1C(=O)c1ccc(OCCCBr)cc1. The fourth-order valence-corrected chi connectivity index (χ4v) is 3.47. The Hall–Kier alpha value is -2.60. The standard InChI is InChI=1S/C24H25BrO5/c1-3-4-6-20-22(19-12-9-17(24(27)28-2)15-21(19)30-20)23(26)16-7-10-18(11-8-16)29-14-5-13-25/h7-12,15H,3-6,13-14H2,1-2H3. The fourth-order valence-electron chi connectivity index (χ4n) is 3.25. The number of fused-ring (bicyclic) bond motifs is 1. The number of ketones is 1. The van der Waals surface area contributed by atoms with Gasteiger partial charge in [0.2, 0.25) is 0 Å². The van der Waals surface area contributed by atoms with Gasteiger partial charge in [0.25, 0.3) is 0 Å². The molecule has 0 radical (unpaired) electrons. The Labute approximate surface area is 184 Å². The molecule has 1 aromatic heterocycles. The zero-order chi connectivity index (χ0) is 21.5. The molecule has 0 unspecified atom stereocenters. The van der Waals surface area contributed by atoms with Crippen LogP contribution in [0.25, 0.3) is 11.0 Å². The van der Waals surface area contributed by atoms with E-state index in [0.717, 1.165) is 30.3 Å². The van der Waals surface area contributed by atoms with Gasteiger partial charge in [0, 0.05) is 22.7 Å². The molecular formula is C24H25BrO5. The van der Waals surface area contributed by atoms with E-state index in [4.69, 9.17) is 13.9 Å². The highest BCUT2D eigenvalue weighted by atomic mass is 79.9. The minimum atomic E-state index is -0.438. The first-order chi connectivity index (χ1) is 14.6. The van der Waals surface area contributed by atoms with Crippen molar-refractivity contribution in [3.05, 3.63) is 64.9 Å². The first-order valence-corrected chi connectivity index (χ1v) is 11.2. The minimum Gasteiger partial charge on any atom is -0.494 e. The molecule has 0 amide bonds. The molecule has 158 valence electrons. The first-order valence-electron chi connectivity index (χ1n) is 10.1. The second-order valence-electron chi connectivity index (χ2n) is 6.95. The zero-order valence-electron chi connectivity index (χ0n) is 17.2. The number of benzene rings is 2. The third-order valence-electron chi connectivity index (χ3n) is 4.83. The average molecular weight is 473 g/mol. The van der Waals surface area contributed by atoms with Crippen LogP contribution >= 0.6 is 15.9 Å². The van der Waals surface area contributed by atoms with Crippen molar-refractivity contribution in [3.63, 3.8) is 0 Å². The van der Waals surface area contributed by atoms with Crippen molar-refractivity contribution in [2.45, 2.75) is 32.6 Å². The van der Waals surface area contributed by atoms with E-state index in [1.807, 2.05) is 12.1 Å². The number of furan rings is 1. The number of carbonyl (C=O) groups is 2. The molecule has 1 heterocycles. The van der Waals surface area contributed by atoms with Crippen molar-refractivity contribution in [1.29, 1.82) is 0 Å². The summed E-state index contributed by atoms with van der Waals surface area (Å²) in [5.74, 6) is 0.847. The lowest BCUT2D eigenvalue weighted by Crippen LogP contribution is -2.05. The minimum absolute atomic E-state index is 0.0994. The van der Waals surface area contributed by atoms with E-state index in [9.17, 15) is 9.59 Å². The van der Waals surface area contributed by atoms with Crippen molar-refractivity contribution < 1.29 is 23.5 Å². The molecule has 0 N–H and O–H groups in total. The van der Waals surface area contributed by atoms with Crippen LogP contribution in [0.15, 0.2) is 46.9 Å². The highest BCUT2D eigenvalue weighted by Gasteiger charge is 2.23. The van der Waals surface area contributed by atoms with E-state index in [2.05, 4.69) is 22.9 Å². The maximum absolute atomic E-state index is 13.4. The number of unbranched alkanes of at least 4 members (excludes halogenated alkanes) is 1. The van der Waals surface area contributed by atoms with Crippen LogP contribution in [-0.4, -0.2) is 30.8 Å². The predicted octanol–water partition coefficient (Wildman–Crippen LogP) is 5.96. The third-order valence-corrected chi connectivity index (χ3v) is 5.39. The molecule has 30 heavy (non-hydrogen) atoms. The van der Waals surface area contributed by atoms with Gasteiger partial charge in [-0.3, -0.25) is 4.79 Å². The number of esters is 1. The van der Waals surface area contributed by atoms with Crippen LogP contribution in [0.4, 0.5) is 0 Å². The van der Waals surface area contributed by atoms with E-state index < -0.39 is 5.97 Å². The van der Waals surface area contributed by atoms with Gasteiger partial charge >= 0.3 is 5.97 Å². The number of carbonyl (C=O) groups excluding carboxylic acids is 2. The molecule has 3 rings (SSSR count). The van der Waals surface area contributed by atoms with E-state index in [-0.39, 0.29) is 5.78 Å². The molecule has 0 aliphatic rings. The summed E-state index contributed by atoms with van der Waals surface area (Å²) in [7, 11) is 1.34. The van der Waals surface area contributed by atoms with Crippen molar-refractivity contribution in [2.75, 3.05) is 19.0 Å². The van der Waals surface area contributed by atoms with Crippen LogP contribution in [-0.2, 0) is 11.2 Å². The first kappa shape index (κ1) is 22.1. The normalized spacial score (nSPS) is 10.9. The fraction of sp³-hybridized carbons (Fsp3) is 0.333. The number of aryl methyl sites for hydroxylation is 1. The lowest BCUT2D eigenvalue weighted by Gasteiger charge is -2.07. The van der Waals surface area contributed by atoms with Gasteiger partial charge in [-0.25, -0.2) is 4.79 Å². The van der Waals surface area contributed by atoms with Gasteiger partial charge in [-0.05, 0) is 55.3 Å². The predicted molar refractivity (Wildman–Crippen MR) is 120 cm³/mol. The van der Waals surface area contributed by atoms with Gasteiger partial charge in [-0.2, -0.15) is 0 Å². The zero-order valence-corrected chi connectivity index (χ0v) is 18.8. The van der Waals surface area contributed by atoms with E-state index >= 15 is 0 Å². The molecular weight excluding hydrogens is 448 g/mol. The highest BCUT2D eigenvalue weighted by molar-refractivity contribution is 9.09.